The van der Waals surface area contributed by atoms with Gasteiger partial charge in [-0.1, -0.05) is 77.3 Å². The second kappa shape index (κ2) is 11.0. The topological polar surface area (TPSA) is 77.0 Å². The van der Waals surface area contributed by atoms with Gasteiger partial charge >= 0.3 is 5.97 Å². The zero-order valence-corrected chi connectivity index (χ0v) is 20.1. The molecule has 0 spiro atoms. The number of amides is 1. The monoisotopic (exact) mass is 506 g/mol. The van der Waals surface area contributed by atoms with Crippen LogP contribution in [0.25, 0.3) is 10.8 Å². The number of hydrazone groups is 1. The lowest BCUT2D eigenvalue weighted by molar-refractivity contribution is -0.123. The number of esters is 1. The van der Waals surface area contributed by atoms with Crippen molar-refractivity contribution in [1.82, 2.24) is 5.43 Å². The molecule has 4 rings (SSSR count). The highest BCUT2D eigenvalue weighted by atomic mass is 35.5. The molecule has 176 valence electrons. The summed E-state index contributed by atoms with van der Waals surface area (Å²) in [5, 5.41) is 6.33. The van der Waals surface area contributed by atoms with E-state index in [9.17, 15) is 9.59 Å². The number of benzene rings is 4. The molecule has 0 aliphatic heterocycles. The molecule has 6 nitrogen and oxygen atoms in total. The first-order valence-electron chi connectivity index (χ1n) is 10.6. The molecule has 0 atom stereocenters. The van der Waals surface area contributed by atoms with E-state index in [1.165, 1.54) is 6.21 Å². The van der Waals surface area contributed by atoms with Crippen LogP contribution >= 0.6 is 23.2 Å². The van der Waals surface area contributed by atoms with Crippen molar-refractivity contribution in [1.29, 1.82) is 0 Å². The van der Waals surface area contributed by atoms with Crippen LogP contribution in [0.15, 0.2) is 84.0 Å². The maximum absolute atomic E-state index is 12.7. The van der Waals surface area contributed by atoms with Gasteiger partial charge < -0.3 is 9.47 Å². The average molecular weight is 507 g/mol. The lowest BCUT2D eigenvalue weighted by Gasteiger charge is -2.11. The zero-order chi connectivity index (χ0) is 24.8. The first-order valence-corrected chi connectivity index (χ1v) is 11.4. The van der Waals surface area contributed by atoms with E-state index in [2.05, 4.69) is 10.5 Å². The number of ether oxygens (including phenoxy) is 2. The van der Waals surface area contributed by atoms with E-state index in [1.807, 2.05) is 43.3 Å². The van der Waals surface area contributed by atoms with E-state index in [0.717, 1.165) is 16.3 Å². The third kappa shape index (κ3) is 5.98. The van der Waals surface area contributed by atoms with Crippen LogP contribution in [-0.4, -0.2) is 24.7 Å². The van der Waals surface area contributed by atoms with Gasteiger partial charge in [-0.25, -0.2) is 10.2 Å². The summed E-state index contributed by atoms with van der Waals surface area (Å²) in [5.41, 5.74) is 4.34. The molecule has 8 heteroatoms. The number of rotatable bonds is 7. The van der Waals surface area contributed by atoms with Crippen molar-refractivity contribution in [3.8, 4) is 11.5 Å². The number of halogens is 2. The smallest absolute Gasteiger partial charge is 0.343 e. The third-order valence-electron chi connectivity index (χ3n) is 5.04. The Morgan fingerprint density at radius 3 is 2.57 bits per heavy atom. The maximum Gasteiger partial charge on any atom is 0.343 e. The van der Waals surface area contributed by atoms with Gasteiger partial charge in [0.15, 0.2) is 6.61 Å². The fourth-order valence-corrected chi connectivity index (χ4v) is 3.71. The van der Waals surface area contributed by atoms with Crippen molar-refractivity contribution >= 4 is 52.1 Å². The summed E-state index contributed by atoms with van der Waals surface area (Å²) >= 11 is 12.0. The van der Waals surface area contributed by atoms with Gasteiger partial charge in [0.1, 0.15) is 16.5 Å². The van der Waals surface area contributed by atoms with Crippen LogP contribution < -0.4 is 14.9 Å². The number of carbonyl (C=O) groups excluding carboxylic acids is 2. The predicted octanol–water partition coefficient (Wildman–Crippen LogP) is 6.20. The highest BCUT2D eigenvalue weighted by Gasteiger charge is 2.14. The van der Waals surface area contributed by atoms with Gasteiger partial charge in [0.05, 0.1) is 16.8 Å². The van der Waals surface area contributed by atoms with Crippen LogP contribution in [0.5, 0.6) is 11.5 Å². The van der Waals surface area contributed by atoms with Gasteiger partial charge in [-0.05, 0) is 48.0 Å². The molecule has 0 aliphatic rings. The molecule has 0 saturated carbocycles. The molecule has 4 aromatic carbocycles. The van der Waals surface area contributed by atoms with Crippen molar-refractivity contribution < 1.29 is 19.1 Å². The molecule has 0 aromatic heterocycles. The summed E-state index contributed by atoms with van der Waals surface area (Å²) in [6.07, 6.45) is 1.44. The number of nitrogens with zero attached hydrogens (tertiary/aromatic N) is 1. The Morgan fingerprint density at radius 1 is 0.943 bits per heavy atom. The number of nitrogens with one attached hydrogen (secondary N) is 1. The van der Waals surface area contributed by atoms with Crippen molar-refractivity contribution in [3.05, 3.63) is 106 Å². The molecular formula is C27H20Cl2N2O4. The van der Waals surface area contributed by atoms with E-state index in [4.69, 9.17) is 32.7 Å². The molecule has 0 saturated heterocycles. The number of aryl methyl sites for hydroxylation is 1. The van der Waals surface area contributed by atoms with E-state index in [-0.39, 0.29) is 17.4 Å². The summed E-state index contributed by atoms with van der Waals surface area (Å²) in [6, 6.07) is 23.2. The molecule has 35 heavy (non-hydrogen) atoms. The van der Waals surface area contributed by atoms with Gasteiger partial charge in [-0.2, -0.15) is 5.10 Å². The molecule has 0 fully saturated rings. The van der Waals surface area contributed by atoms with Crippen LogP contribution in [-0.2, 0) is 4.79 Å². The van der Waals surface area contributed by atoms with Gasteiger partial charge in [-0.3, -0.25) is 4.79 Å². The van der Waals surface area contributed by atoms with Crippen molar-refractivity contribution in [2.24, 2.45) is 5.10 Å². The summed E-state index contributed by atoms with van der Waals surface area (Å²) in [5.74, 6) is -0.391. The molecule has 4 aromatic rings. The van der Waals surface area contributed by atoms with Crippen molar-refractivity contribution in [2.75, 3.05) is 6.61 Å². The SMILES string of the molecule is Cc1cccc(C(=O)Oc2ccc3ccccc3c2/C=N\NC(=O)COc2cccc(Cl)c2Cl)c1. The molecule has 1 N–H and O–H groups in total. The summed E-state index contributed by atoms with van der Waals surface area (Å²) in [7, 11) is 0. The van der Waals surface area contributed by atoms with Crippen LogP contribution in [0.2, 0.25) is 10.0 Å². The molecule has 0 unspecified atom stereocenters. The minimum absolute atomic E-state index is 0.223. The summed E-state index contributed by atoms with van der Waals surface area (Å²) < 4.78 is 11.1. The Balaban J connectivity index is 1.51. The lowest BCUT2D eigenvalue weighted by atomic mass is 10.0. The second-order valence-electron chi connectivity index (χ2n) is 7.59. The zero-order valence-electron chi connectivity index (χ0n) is 18.6. The molecule has 0 bridgehead atoms. The average Bonchev–Trinajstić information content (AvgIpc) is 2.86. The van der Waals surface area contributed by atoms with Crippen LogP contribution in [0.3, 0.4) is 0 Å². The molecular weight excluding hydrogens is 487 g/mol. The normalized spacial score (nSPS) is 10.9. The van der Waals surface area contributed by atoms with Gasteiger partial charge in [0.25, 0.3) is 5.91 Å². The number of hydrogen-bond donors (Lipinski definition) is 1. The van der Waals surface area contributed by atoms with Gasteiger partial charge in [-0.15, -0.1) is 0 Å². The van der Waals surface area contributed by atoms with Crippen molar-refractivity contribution in [2.45, 2.75) is 6.92 Å². The highest BCUT2D eigenvalue weighted by molar-refractivity contribution is 6.42. The quantitative estimate of drug-likeness (QED) is 0.140. The third-order valence-corrected chi connectivity index (χ3v) is 5.85. The molecule has 0 aliphatic carbocycles. The lowest BCUT2D eigenvalue weighted by Crippen LogP contribution is -2.24. The second-order valence-corrected chi connectivity index (χ2v) is 8.38. The number of fused-ring (bicyclic) bond motifs is 1. The fraction of sp³-hybridized carbons (Fsp3) is 0.0741. The van der Waals surface area contributed by atoms with Crippen LogP contribution in [0.1, 0.15) is 21.5 Å². The minimum atomic E-state index is -0.504. The Hall–Kier alpha value is -3.87. The molecule has 1 amide bonds. The van der Waals surface area contributed by atoms with E-state index < -0.39 is 11.9 Å². The molecule has 0 radical (unpaired) electrons. The maximum atomic E-state index is 12.7. The molecule has 0 heterocycles. The van der Waals surface area contributed by atoms with Crippen LogP contribution in [0.4, 0.5) is 0 Å². The Kier molecular flexibility index (Phi) is 7.65. The van der Waals surface area contributed by atoms with Gasteiger partial charge in [0.2, 0.25) is 0 Å². The first-order chi connectivity index (χ1) is 16.9. The van der Waals surface area contributed by atoms with E-state index in [1.54, 1.807) is 42.5 Å². The Bertz CT molecular complexity index is 1440. The standard InChI is InChI=1S/C27H20Cl2N2O4/c1-17-6-4-8-19(14-17)27(33)35-23-13-12-18-7-2-3-9-20(18)21(23)15-30-31-25(32)16-34-24-11-5-10-22(28)26(24)29/h2-15H,16H2,1H3,(H,31,32)/b30-15-. The predicted molar refractivity (Wildman–Crippen MR) is 138 cm³/mol. The van der Waals surface area contributed by atoms with Gasteiger partial charge in [0, 0.05) is 5.56 Å². The van der Waals surface area contributed by atoms with Crippen molar-refractivity contribution in [3.63, 3.8) is 0 Å². The van der Waals surface area contributed by atoms with E-state index in [0.29, 0.717) is 21.9 Å². The number of hydrogen-bond acceptors (Lipinski definition) is 5. The highest BCUT2D eigenvalue weighted by Crippen LogP contribution is 2.31. The minimum Gasteiger partial charge on any atom is -0.482 e. The summed E-state index contributed by atoms with van der Waals surface area (Å²) in [4.78, 5) is 25.0. The number of carbonyl (C=O) groups is 2. The fourth-order valence-electron chi connectivity index (χ4n) is 3.37. The van der Waals surface area contributed by atoms with E-state index >= 15 is 0 Å². The van der Waals surface area contributed by atoms with Crippen LogP contribution in [0, 0.1) is 6.92 Å². The largest absolute Gasteiger partial charge is 0.482 e. The summed E-state index contributed by atoms with van der Waals surface area (Å²) in [6.45, 7) is 1.58. The Labute approximate surface area is 212 Å². The first kappa shape index (κ1) is 24.3. The Morgan fingerprint density at radius 2 is 1.74 bits per heavy atom.